The van der Waals surface area contributed by atoms with Crippen LogP contribution in [0.3, 0.4) is 0 Å². The second-order valence-electron chi connectivity index (χ2n) is 4.59. The first-order chi connectivity index (χ1) is 7.86. The Kier molecular flexibility index (Phi) is 3.91. The number of hydrogen-bond donors (Lipinski definition) is 2. The second kappa shape index (κ2) is 4.85. The standard InChI is InChI=1S/C13H18O4/c1-12(2,11(14)15)13(16,9-17-3)10-7-5-4-6-8-10/h4-8,16H,9H2,1-3H3,(H,14,15). The predicted octanol–water partition coefficient (Wildman–Crippen LogP) is 1.63. The van der Waals surface area contributed by atoms with Crippen molar-refractivity contribution < 1.29 is 19.7 Å². The highest BCUT2D eigenvalue weighted by atomic mass is 16.5. The first kappa shape index (κ1) is 13.7. The normalized spacial score (nSPS) is 15.3. The summed E-state index contributed by atoms with van der Waals surface area (Å²) in [6.07, 6.45) is 0. The lowest BCUT2D eigenvalue weighted by Crippen LogP contribution is -2.50. The van der Waals surface area contributed by atoms with Crippen LogP contribution in [0.15, 0.2) is 30.3 Å². The van der Waals surface area contributed by atoms with Gasteiger partial charge in [-0.3, -0.25) is 4.79 Å². The van der Waals surface area contributed by atoms with Crippen molar-refractivity contribution in [3.05, 3.63) is 35.9 Å². The molecule has 0 aliphatic carbocycles. The molecule has 1 unspecified atom stereocenters. The molecule has 0 radical (unpaired) electrons. The largest absolute Gasteiger partial charge is 0.481 e. The molecular formula is C13H18O4. The van der Waals surface area contributed by atoms with E-state index in [9.17, 15) is 15.0 Å². The van der Waals surface area contributed by atoms with Gasteiger partial charge in [-0.15, -0.1) is 0 Å². The van der Waals surface area contributed by atoms with Gasteiger partial charge < -0.3 is 14.9 Å². The number of ether oxygens (including phenoxy) is 1. The maximum Gasteiger partial charge on any atom is 0.312 e. The molecule has 0 saturated carbocycles. The van der Waals surface area contributed by atoms with Crippen LogP contribution in [0.25, 0.3) is 0 Å². The van der Waals surface area contributed by atoms with Crippen LogP contribution in [0.1, 0.15) is 19.4 Å². The Morgan fingerprint density at radius 1 is 1.29 bits per heavy atom. The molecule has 17 heavy (non-hydrogen) atoms. The number of benzene rings is 1. The summed E-state index contributed by atoms with van der Waals surface area (Å²) in [4.78, 5) is 11.3. The van der Waals surface area contributed by atoms with Crippen LogP contribution < -0.4 is 0 Å². The molecule has 0 saturated heterocycles. The van der Waals surface area contributed by atoms with Crippen molar-refractivity contribution in [2.45, 2.75) is 19.4 Å². The molecule has 94 valence electrons. The van der Waals surface area contributed by atoms with E-state index in [1.54, 1.807) is 24.3 Å². The van der Waals surface area contributed by atoms with Gasteiger partial charge in [0.2, 0.25) is 0 Å². The van der Waals surface area contributed by atoms with Gasteiger partial charge in [-0.2, -0.15) is 0 Å². The molecule has 0 heterocycles. The molecule has 1 aromatic carbocycles. The Bertz CT molecular complexity index is 386. The van der Waals surface area contributed by atoms with Gasteiger partial charge in [0.25, 0.3) is 0 Å². The maximum absolute atomic E-state index is 11.3. The predicted molar refractivity (Wildman–Crippen MR) is 63.6 cm³/mol. The minimum Gasteiger partial charge on any atom is -0.481 e. The fourth-order valence-electron chi connectivity index (χ4n) is 1.72. The topological polar surface area (TPSA) is 66.8 Å². The van der Waals surface area contributed by atoms with Crippen molar-refractivity contribution in [1.82, 2.24) is 0 Å². The van der Waals surface area contributed by atoms with E-state index in [1.807, 2.05) is 6.07 Å². The molecule has 0 spiro atoms. The first-order valence-corrected chi connectivity index (χ1v) is 5.36. The Morgan fingerprint density at radius 2 is 1.82 bits per heavy atom. The fraction of sp³-hybridized carbons (Fsp3) is 0.462. The van der Waals surface area contributed by atoms with Crippen LogP contribution in [0.5, 0.6) is 0 Å². The van der Waals surface area contributed by atoms with E-state index >= 15 is 0 Å². The zero-order valence-electron chi connectivity index (χ0n) is 10.3. The Morgan fingerprint density at radius 3 is 2.24 bits per heavy atom. The Hall–Kier alpha value is -1.39. The maximum atomic E-state index is 11.3. The van der Waals surface area contributed by atoms with Gasteiger partial charge in [-0.1, -0.05) is 30.3 Å². The van der Waals surface area contributed by atoms with Crippen molar-refractivity contribution >= 4 is 5.97 Å². The summed E-state index contributed by atoms with van der Waals surface area (Å²) in [6.45, 7) is 2.90. The fourth-order valence-corrected chi connectivity index (χ4v) is 1.72. The number of rotatable bonds is 5. The molecular weight excluding hydrogens is 220 g/mol. The van der Waals surface area contributed by atoms with E-state index < -0.39 is 17.0 Å². The highest BCUT2D eigenvalue weighted by Gasteiger charge is 2.50. The van der Waals surface area contributed by atoms with E-state index in [-0.39, 0.29) is 6.61 Å². The van der Waals surface area contributed by atoms with Crippen molar-refractivity contribution in [1.29, 1.82) is 0 Å². The SMILES string of the molecule is COCC(O)(c1ccccc1)C(C)(C)C(=O)O. The smallest absolute Gasteiger partial charge is 0.312 e. The minimum absolute atomic E-state index is 0.0731. The van der Waals surface area contributed by atoms with Crippen molar-refractivity contribution in [2.75, 3.05) is 13.7 Å². The van der Waals surface area contributed by atoms with E-state index in [4.69, 9.17) is 4.74 Å². The van der Waals surface area contributed by atoms with E-state index in [0.717, 1.165) is 0 Å². The lowest BCUT2D eigenvalue weighted by atomic mass is 9.71. The van der Waals surface area contributed by atoms with Gasteiger partial charge in [-0.05, 0) is 19.4 Å². The highest BCUT2D eigenvalue weighted by Crippen LogP contribution is 2.40. The van der Waals surface area contributed by atoms with Gasteiger partial charge in [0.1, 0.15) is 5.60 Å². The lowest BCUT2D eigenvalue weighted by molar-refractivity contribution is -0.174. The summed E-state index contributed by atoms with van der Waals surface area (Å²) in [5.74, 6) is -1.07. The summed E-state index contributed by atoms with van der Waals surface area (Å²) >= 11 is 0. The molecule has 1 rings (SSSR count). The van der Waals surface area contributed by atoms with Gasteiger partial charge >= 0.3 is 5.97 Å². The van der Waals surface area contributed by atoms with Gasteiger partial charge in [0, 0.05) is 7.11 Å². The van der Waals surface area contributed by atoms with Crippen LogP contribution in [0.2, 0.25) is 0 Å². The number of carboxylic acids is 1. The minimum atomic E-state index is -1.56. The van der Waals surface area contributed by atoms with Crippen LogP contribution in [0.4, 0.5) is 0 Å². The molecule has 1 aromatic rings. The number of methoxy groups -OCH3 is 1. The number of hydrogen-bond acceptors (Lipinski definition) is 3. The van der Waals surface area contributed by atoms with Gasteiger partial charge in [-0.25, -0.2) is 0 Å². The Labute approximate surface area is 101 Å². The van der Waals surface area contributed by atoms with Crippen LogP contribution >= 0.6 is 0 Å². The van der Waals surface area contributed by atoms with Crippen molar-refractivity contribution in [3.8, 4) is 0 Å². The summed E-state index contributed by atoms with van der Waals surface area (Å²) in [5, 5.41) is 19.9. The summed E-state index contributed by atoms with van der Waals surface area (Å²) in [6, 6.07) is 8.72. The molecule has 4 heteroatoms. The monoisotopic (exact) mass is 238 g/mol. The molecule has 0 fully saturated rings. The van der Waals surface area contributed by atoms with Crippen LogP contribution in [0, 0.1) is 5.41 Å². The van der Waals surface area contributed by atoms with Gasteiger partial charge in [0.05, 0.1) is 12.0 Å². The zero-order chi connectivity index (χ0) is 13.1. The zero-order valence-corrected chi connectivity index (χ0v) is 10.3. The number of carboxylic acid groups (broad SMARTS) is 1. The molecule has 0 bridgehead atoms. The van der Waals surface area contributed by atoms with E-state index in [1.165, 1.54) is 21.0 Å². The summed E-state index contributed by atoms with van der Waals surface area (Å²) in [5.41, 5.74) is -2.37. The quantitative estimate of drug-likeness (QED) is 0.818. The number of aliphatic carboxylic acids is 1. The van der Waals surface area contributed by atoms with E-state index in [2.05, 4.69) is 0 Å². The Balaban J connectivity index is 3.28. The van der Waals surface area contributed by atoms with Gasteiger partial charge in [0.15, 0.2) is 0 Å². The van der Waals surface area contributed by atoms with Crippen LogP contribution in [-0.4, -0.2) is 29.9 Å². The summed E-state index contributed by atoms with van der Waals surface area (Å²) in [7, 11) is 1.44. The number of aliphatic hydroxyl groups is 1. The highest BCUT2D eigenvalue weighted by molar-refractivity contribution is 5.75. The molecule has 0 amide bonds. The number of carbonyl (C=O) groups is 1. The average Bonchev–Trinajstić information content (AvgIpc) is 2.30. The van der Waals surface area contributed by atoms with E-state index in [0.29, 0.717) is 5.56 Å². The molecule has 2 N–H and O–H groups in total. The third kappa shape index (κ3) is 2.33. The second-order valence-corrected chi connectivity index (χ2v) is 4.59. The lowest BCUT2D eigenvalue weighted by Gasteiger charge is -2.39. The third-order valence-corrected chi connectivity index (χ3v) is 3.17. The van der Waals surface area contributed by atoms with Crippen molar-refractivity contribution in [2.24, 2.45) is 5.41 Å². The first-order valence-electron chi connectivity index (χ1n) is 5.36. The third-order valence-electron chi connectivity index (χ3n) is 3.17. The molecule has 0 aromatic heterocycles. The van der Waals surface area contributed by atoms with Crippen LogP contribution in [-0.2, 0) is 15.1 Å². The van der Waals surface area contributed by atoms with Crippen molar-refractivity contribution in [3.63, 3.8) is 0 Å². The molecule has 4 nitrogen and oxygen atoms in total. The summed E-state index contributed by atoms with van der Waals surface area (Å²) < 4.78 is 4.98. The average molecular weight is 238 g/mol. The molecule has 1 atom stereocenters. The molecule has 0 aliphatic heterocycles. The molecule has 0 aliphatic rings.